The molecule has 1 heterocycles. The molecule has 0 radical (unpaired) electrons. The largest absolute Gasteiger partial charge is 0.465 e. The van der Waals surface area contributed by atoms with Crippen LogP contribution in [0.25, 0.3) is 0 Å². The summed E-state index contributed by atoms with van der Waals surface area (Å²) >= 11 is 0. The van der Waals surface area contributed by atoms with Crippen molar-refractivity contribution < 1.29 is 19.1 Å². The number of carbonyl (C=O) groups is 2. The van der Waals surface area contributed by atoms with Gasteiger partial charge in [-0.1, -0.05) is 6.07 Å². The van der Waals surface area contributed by atoms with Crippen molar-refractivity contribution in [2.75, 3.05) is 25.6 Å². The predicted molar refractivity (Wildman–Crippen MR) is 85.2 cm³/mol. The smallest absolute Gasteiger partial charge is 0.337 e. The minimum Gasteiger partial charge on any atom is -0.465 e. The number of nitrogens with two attached hydrogens (primary N) is 1. The van der Waals surface area contributed by atoms with Gasteiger partial charge in [0.1, 0.15) is 0 Å². The van der Waals surface area contributed by atoms with Gasteiger partial charge in [0.2, 0.25) is 5.91 Å². The zero-order valence-corrected chi connectivity index (χ0v) is 13.2. The third-order valence-corrected chi connectivity index (χ3v) is 3.63. The van der Waals surface area contributed by atoms with Gasteiger partial charge in [-0.25, -0.2) is 4.79 Å². The zero-order chi connectivity index (χ0) is 15.2. The third-order valence-electron chi connectivity index (χ3n) is 3.63. The number of anilines is 1. The Hall–Kier alpha value is -1.63. The molecule has 0 aromatic heterocycles. The maximum atomic E-state index is 12.2. The number of esters is 1. The Kier molecular flexibility index (Phi) is 7.31. The van der Waals surface area contributed by atoms with Crippen LogP contribution in [0.3, 0.4) is 0 Å². The third kappa shape index (κ3) is 4.69. The normalized spacial score (nSPS) is 16.3. The molecule has 6 nitrogen and oxygen atoms in total. The molecule has 1 unspecified atom stereocenters. The molecule has 0 bridgehead atoms. The maximum absolute atomic E-state index is 12.2. The van der Waals surface area contributed by atoms with E-state index in [1.165, 1.54) is 7.11 Å². The van der Waals surface area contributed by atoms with Crippen LogP contribution in [0.5, 0.6) is 0 Å². The highest BCUT2D eigenvalue weighted by atomic mass is 35.5. The molecule has 22 heavy (non-hydrogen) atoms. The molecule has 0 saturated carbocycles. The lowest BCUT2D eigenvalue weighted by atomic mass is 9.92. The van der Waals surface area contributed by atoms with E-state index >= 15 is 0 Å². The number of hydrogen-bond acceptors (Lipinski definition) is 5. The topological polar surface area (TPSA) is 90.7 Å². The van der Waals surface area contributed by atoms with Gasteiger partial charge in [-0.05, 0) is 37.0 Å². The van der Waals surface area contributed by atoms with E-state index in [9.17, 15) is 9.59 Å². The molecule has 1 aliphatic heterocycles. The van der Waals surface area contributed by atoms with Gasteiger partial charge in [-0.15, -0.1) is 12.4 Å². The molecular weight excluding hydrogens is 308 g/mol. The lowest BCUT2D eigenvalue weighted by Gasteiger charge is -2.26. The zero-order valence-electron chi connectivity index (χ0n) is 12.4. The average Bonchev–Trinajstić information content (AvgIpc) is 2.54. The number of benzene rings is 1. The first-order valence-electron chi connectivity index (χ1n) is 6.94. The maximum Gasteiger partial charge on any atom is 0.337 e. The van der Waals surface area contributed by atoms with Crippen molar-refractivity contribution in [3.8, 4) is 0 Å². The Morgan fingerprint density at radius 1 is 1.36 bits per heavy atom. The first-order valence-corrected chi connectivity index (χ1v) is 6.94. The number of hydrogen-bond donors (Lipinski definition) is 2. The first kappa shape index (κ1) is 18.4. The molecule has 1 atom stereocenters. The van der Waals surface area contributed by atoms with Crippen LogP contribution in [-0.2, 0) is 14.3 Å². The second-order valence-electron chi connectivity index (χ2n) is 5.04. The number of carbonyl (C=O) groups excluding carboxylic acids is 2. The molecule has 1 aliphatic rings. The van der Waals surface area contributed by atoms with Crippen molar-refractivity contribution in [3.05, 3.63) is 29.8 Å². The van der Waals surface area contributed by atoms with Crippen LogP contribution in [0.1, 0.15) is 23.2 Å². The summed E-state index contributed by atoms with van der Waals surface area (Å²) < 4.78 is 9.91. The van der Waals surface area contributed by atoms with Crippen LogP contribution in [0.15, 0.2) is 24.3 Å². The molecule has 0 spiro atoms. The van der Waals surface area contributed by atoms with Gasteiger partial charge in [0, 0.05) is 18.9 Å². The number of amides is 1. The summed E-state index contributed by atoms with van der Waals surface area (Å²) in [5.41, 5.74) is 6.92. The van der Waals surface area contributed by atoms with E-state index in [2.05, 4.69) is 10.1 Å². The van der Waals surface area contributed by atoms with Gasteiger partial charge in [-0.3, -0.25) is 4.79 Å². The van der Waals surface area contributed by atoms with E-state index in [1.54, 1.807) is 24.3 Å². The van der Waals surface area contributed by atoms with E-state index in [1.807, 2.05) is 0 Å². The quantitative estimate of drug-likeness (QED) is 0.819. The molecule has 0 aliphatic carbocycles. The number of methoxy groups -OCH3 is 1. The van der Waals surface area contributed by atoms with Gasteiger partial charge >= 0.3 is 5.97 Å². The molecule has 2 rings (SSSR count). The number of rotatable bonds is 4. The summed E-state index contributed by atoms with van der Waals surface area (Å²) in [5, 5.41) is 2.75. The van der Waals surface area contributed by atoms with Crippen molar-refractivity contribution in [2.45, 2.75) is 18.9 Å². The summed E-state index contributed by atoms with van der Waals surface area (Å²) in [7, 11) is 1.31. The standard InChI is InChI=1S/C15H20N2O4.ClH/c1-20-15(19)11-3-2-4-12(9-11)17-14(18)13(16)10-5-7-21-8-6-10;/h2-4,9-10,13H,5-8,16H2,1H3,(H,17,18);1H. The monoisotopic (exact) mass is 328 g/mol. The summed E-state index contributed by atoms with van der Waals surface area (Å²) in [5.74, 6) is -0.564. The van der Waals surface area contributed by atoms with Crippen LogP contribution in [0.4, 0.5) is 5.69 Å². The minimum atomic E-state index is -0.573. The Balaban J connectivity index is 0.00000242. The molecule has 3 N–H and O–H groups in total. The molecule has 7 heteroatoms. The summed E-state index contributed by atoms with van der Waals surface area (Å²) in [4.78, 5) is 23.6. The second kappa shape index (κ2) is 8.73. The van der Waals surface area contributed by atoms with E-state index in [0.29, 0.717) is 24.5 Å². The molecule has 1 fully saturated rings. The SMILES string of the molecule is COC(=O)c1cccc(NC(=O)C(N)C2CCOCC2)c1.Cl. The van der Waals surface area contributed by atoms with Gasteiger partial charge in [0.05, 0.1) is 18.7 Å². The van der Waals surface area contributed by atoms with Crippen molar-refractivity contribution in [1.82, 2.24) is 0 Å². The lowest BCUT2D eigenvalue weighted by molar-refractivity contribution is -0.119. The van der Waals surface area contributed by atoms with E-state index in [-0.39, 0.29) is 24.2 Å². The van der Waals surface area contributed by atoms with Crippen molar-refractivity contribution in [1.29, 1.82) is 0 Å². The number of halogens is 1. The molecule has 122 valence electrons. The molecule has 1 aromatic rings. The van der Waals surface area contributed by atoms with Gasteiger partial charge in [0.15, 0.2) is 0 Å². The summed E-state index contributed by atoms with van der Waals surface area (Å²) in [6, 6.07) is 6.01. The van der Waals surface area contributed by atoms with Crippen LogP contribution in [-0.4, -0.2) is 38.2 Å². The average molecular weight is 329 g/mol. The first-order chi connectivity index (χ1) is 10.1. The minimum absolute atomic E-state index is 0. The fourth-order valence-electron chi connectivity index (χ4n) is 2.36. The van der Waals surface area contributed by atoms with E-state index < -0.39 is 12.0 Å². The molecule has 1 aromatic carbocycles. The highest BCUT2D eigenvalue weighted by Crippen LogP contribution is 2.19. The Morgan fingerprint density at radius 3 is 2.68 bits per heavy atom. The Labute approximate surface area is 135 Å². The number of ether oxygens (including phenoxy) is 2. The summed E-state index contributed by atoms with van der Waals surface area (Å²) in [6.45, 7) is 1.28. The van der Waals surface area contributed by atoms with Crippen molar-refractivity contribution in [2.24, 2.45) is 11.7 Å². The van der Waals surface area contributed by atoms with Gasteiger partial charge in [0.25, 0.3) is 0 Å². The van der Waals surface area contributed by atoms with Gasteiger partial charge in [-0.2, -0.15) is 0 Å². The van der Waals surface area contributed by atoms with Crippen LogP contribution >= 0.6 is 12.4 Å². The van der Waals surface area contributed by atoms with Gasteiger partial charge < -0.3 is 20.5 Å². The van der Waals surface area contributed by atoms with Crippen molar-refractivity contribution >= 4 is 30.0 Å². The predicted octanol–water partition coefficient (Wildman–Crippen LogP) is 1.59. The van der Waals surface area contributed by atoms with Crippen molar-refractivity contribution in [3.63, 3.8) is 0 Å². The van der Waals surface area contributed by atoms with Crippen LogP contribution in [0, 0.1) is 5.92 Å². The Bertz CT molecular complexity index is 518. The molecule has 1 saturated heterocycles. The second-order valence-corrected chi connectivity index (χ2v) is 5.04. The van der Waals surface area contributed by atoms with Crippen LogP contribution < -0.4 is 11.1 Å². The fourth-order valence-corrected chi connectivity index (χ4v) is 2.36. The Morgan fingerprint density at radius 2 is 2.05 bits per heavy atom. The lowest BCUT2D eigenvalue weighted by Crippen LogP contribution is -2.44. The molecular formula is C15H21ClN2O4. The summed E-state index contributed by atoms with van der Waals surface area (Å²) in [6.07, 6.45) is 1.58. The highest BCUT2D eigenvalue weighted by molar-refractivity contribution is 5.97. The highest BCUT2D eigenvalue weighted by Gasteiger charge is 2.26. The fraction of sp³-hybridized carbons (Fsp3) is 0.467. The number of nitrogens with one attached hydrogen (secondary N) is 1. The van der Waals surface area contributed by atoms with Crippen LogP contribution in [0.2, 0.25) is 0 Å². The molecule has 1 amide bonds. The van der Waals surface area contributed by atoms with E-state index in [0.717, 1.165) is 12.8 Å². The van der Waals surface area contributed by atoms with E-state index in [4.69, 9.17) is 10.5 Å².